The summed E-state index contributed by atoms with van der Waals surface area (Å²) in [6.45, 7) is 3.21. The van der Waals surface area contributed by atoms with Gasteiger partial charge in [-0.2, -0.15) is 0 Å². The van der Waals surface area contributed by atoms with Crippen molar-refractivity contribution in [3.05, 3.63) is 0 Å². The van der Waals surface area contributed by atoms with E-state index in [1.807, 2.05) is 0 Å². The molecule has 0 unspecified atom stereocenters. The number of amides is 3. The van der Waals surface area contributed by atoms with Crippen LogP contribution in [0.2, 0.25) is 0 Å². The van der Waals surface area contributed by atoms with Crippen LogP contribution in [0.25, 0.3) is 0 Å². The second kappa shape index (κ2) is 6.96. The van der Waals surface area contributed by atoms with Gasteiger partial charge in [0.1, 0.15) is 6.54 Å². The number of piperidine rings is 1. The number of hydrogen-bond donors (Lipinski definition) is 2. The molecule has 0 bridgehead atoms. The fraction of sp³-hybridized carbons (Fsp3) is 0.750. The number of likely N-dealkylation sites (N-methyl/N-ethyl adjacent to an activating group) is 1. The molecule has 0 aromatic rings. The summed E-state index contributed by atoms with van der Waals surface area (Å²) < 4.78 is 0. The van der Waals surface area contributed by atoms with Gasteiger partial charge in [0, 0.05) is 26.1 Å². The van der Waals surface area contributed by atoms with Crippen LogP contribution in [0.4, 0.5) is 4.79 Å². The maximum Gasteiger partial charge on any atom is 0.320 e. The summed E-state index contributed by atoms with van der Waals surface area (Å²) in [5.74, 6) is -1.20. The van der Waals surface area contributed by atoms with Gasteiger partial charge in [-0.15, -0.1) is 0 Å². The van der Waals surface area contributed by atoms with Crippen molar-refractivity contribution >= 4 is 17.9 Å². The fourth-order valence-electron chi connectivity index (χ4n) is 2.28. The molecule has 3 amide bonds. The van der Waals surface area contributed by atoms with E-state index in [9.17, 15) is 14.4 Å². The average molecular weight is 271 g/mol. The van der Waals surface area contributed by atoms with E-state index < -0.39 is 11.9 Å². The second-order valence-corrected chi connectivity index (χ2v) is 4.79. The van der Waals surface area contributed by atoms with Gasteiger partial charge in [0.05, 0.1) is 0 Å². The smallest absolute Gasteiger partial charge is 0.320 e. The summed E-state index contributed by atoms with van der Waals surface area (Å²) in [5.41, 5.74) is 5.10. The standard InChI is InChI=1S/C12H21N3O4/c1-2-14(8-10(13)16)12(19)15-5-3-9(4-6-15)7-11(17)18/h9H,2-8H2,1H3,(H2,13,16)(H,17,18). The number of primary amides is 1. The zero-order valence-corrected chi connectivity index (χ0v) is 11.2. The van der Waals surface area contributed by atoms with E-state index in [0.29, 0.717) is 32.5 Å². The first-order valence-electron chi connectivity index (χ1n) is 6.48. The number of nitrogens with zero attached hydrogens (tertiary/aromatic N) is 2. The molecule has 0 atom stereocenters. The number of carboxylic acid groups (broad SMARTS) is 1. The van der Waals surface area contributed by atoms with Gasteiger partial charge in [0.15, 0.2) is 0 Å². The normalized spacial score (nSPS) is 16.2. The third-order valence-corrected chi connectivity index (χ3v) is 3.35. The Hall–Kier alpha value is -1.79. The lowest BCUT2D eigenvalue weighted by molar-refractivity contribution is -0.138. The van der Waals surface area contributed by atoms with Crippen LogP contribution in [0, 0.1) is 5.92 Å². The van der Waals surface area contributed by atoms with Gasteiger partial charge in [0.2, 0.25) is 5.91 Å². The molecule has 7 heteroatoms. The van der Waals surface area contributed by atoms with E-state index in [1.165, 1.54) is 4.90 Å². The highest BCUT2D eigenvalue weighted by Gasteiger charge is 2.27. The van der Waals surface area contributed by atoms with Gasteiger partial charge < -0.3 is 20.6 Å². The van der Waals surface area contributed by atoms with Gasteiger partial charge >= 0.3 is 12.0 Å². The lowest BCUT2D eigenvalue weighted by Gasteiger charge is -2.34. The predicted molar refractivity (Wildman–Crippen MR) is 68.4 cm³/mol. The van der Waals surface area contributed by atoms with Gasteiger partial charge in [0.25, 0.3) is 0 Å². The van der Waals surface area contributed by atoms with Crippen molar-refractivity contribution in [2.24, 2.45) is 11.7 Å². The van der Waals surface area contributed by atoms with Crippen molar-refractivity contribution in [3.8, 4) is 0 Å². The van der Waals surface area contributed by atoms with Crippen molar-refractivity contribution in [2.45, 2.75) is 26.2 Å². The lowest BCUT2D eigenvalue weighted by atomic mass is 9.94. The van der Waals surface area contributed by atoms with Crippen molar-refractivity contribution in [1.82, 2.24) is 9.80 Å². The Balaban J connectivity index is 2.47. The number of aliphatic carboxylic acids is 1. The van der Waals surface area contributed by atoms with E-state index in [4.69, 9.17) is 10.8 Å². The zero-order chi connectivity index (χ0) is 14.4. The molecule has 19 heavy (non-hydrogen) atoms. The van der Waals surface area contributed by atoms with Crippen LogP contribution in [0.15, 0.2) is 0 Å². The summed E-state index contributed by atoms with van der Waals surface area (Å²) in [6.07, 6.45) is 1.53. The van der Waals surface area contributed by atoms with Crippen molar-refractivity contribution < 1.29 is 19.5 Å². The molecule has 1 aliphatic rings. The molecule has 1 rings (SSSR count). The predicted octanol–water partition coefficient (Wildman–Crippen LogP) is 0.100. The van der Waals surface area contributed by atoms with Gasteiger partial charge in [-0.1, -0.05) is 0 Å². The molecule has 0 radical (unpaired) electrons. The van der Waals surface area contributed by atoms with Gasteiger partial charge in [-0.05, 0) is 25.7 Å². The minimum absolute atomic E-state index is 0.0790. The summed E-state index contributed by atoms with van der Waals surface area (Å²) in [7, 11) is 0. The van der Waals surface area contributed by atoms with Crippen molar-refractivity contribution in [1.29, 1.82) is 0 Å². The third kappa shape index (κ3) is 4.76. The van der Waals surface area contributed by atoms with Crippen LogP contribution in [-0.4, -0.2) is 59.0 Å². The van der Waals surface area contributed by atoms with Gasteiger partial charge in [-0.25, -0.2) is 4.79 Å². The minimum atomic E-state index is -0.798. The number of carbonyl (C=O) groups excluding carboxylic acids is 2. The molecule has 108 valence electrons. The summed E-state index contributed by atoms with van der Waals surface area (Å²) in [6, 6.07) is -0.199. The zero-order valence-electron chi connectivity index (χ0n) is 11.2. The third-order valence-electron chi connectivity index (χ3n) is 3.35. The summed E-state index contributed by atoms with van der Waals surface area (Å²) in [4.78, 5) is 36.7. The quantitative estimate of drug-likeness (QED) is 0.740. The van der Waals surface area contributed by atoms with Crippen LogP contribution in [0.3, 0.4) is 0 Å². The maximum absolute atomic E-state index is 12.1. The topological polar surface area (TPSA) is 104 Å². The SMILES string of the molecule is CCN(CC(N)=O)C(=O)N1CCC(CC(=O)O)CC1. The van der Waals surface area contributed by atoms with Crippen LogP contribution < -0.4 is 5.73 Å². The van der Waals surface area contributed by atoms with E-state index >= 15 is 0 Å². The minimum Gasteiger partial charge on any atom is -0.481 e. The fourth-order valence-corrected chi connectivity index (χ4v) is 2.28. The Morgan fingerprint density at radius 3 is 2.32 bits per heavy atom. The number of urea groups is 1. The summed E-state index contributed by atoms with van der Waals surface area (Å²) >= 11 is 0. The number of nitrogens with two attached hydrogens (primary N) is 1. The molecular weight excluding hydrogens is 250 g/mol. The highest BCUT2D eigenvalue weighted by Crippen LogP contribution is 2.21. The van der Waals surface area contributed by atoms with E-state index in [2.05, 4.69) is 0 Å². The average Bonchev–Trinajstić information content (AvgIpc) is 2.35. The van der Waals surface area contributed by atoms with Crippen LogP contribution in [0.5, 0.6) is 0 Å². The Kier molecular flexibility index (Phi) is 5.59. The molecular formula is C12H21N3O4. The Labute approximate surface area is 112 Å². The molecule has 7 nitrogen and oxygen atoms in total. The number of carbonyl (C=O) groups is 3. The first-order valence-corrected chi connectivity index (χ1v) is 6.48. The first-order chi connectivity index (χ1) is 8.93. The lowest BCUT2D eigenvalue weighted by Crippen LogP contribution is -2.49. The molecule has 0 spiro atoms. The van der Waals surface area contributed by atoms with Crippen LogP contribution in [-0.2, 0) is 9.59 Å². The molecule has 0 saturated carbocycles. The Bertz CT molecular complexity index is 351. The van der Waals surface area contributed by atoms with E-state index in [-0.39, 0.29) is 24.9 Å². The largest absolute Gasteiger partial charge is 0.481 e. The molecule has 0 aromatic carbocycles. The molecule has 0 aliphatic carbocycles. The van der Waals surface area contributed by atoms with Crippen LogP contribution in [0.1, 0.15) is 26.2 Å². The highest BCUT2D eigenvalue weighted by molar-refractivity contribution is 5.83. The number of likely N-dealkylation sites (tertiary alicyclic amines) is 1. The van der Waals surface area contributed by atoms with E-state index in [1.54, 1.807) is 11.8 Å². The molecule has 3 N–H and O–H groups in total. The Morgan fingerprint density at radius 2 is 1.89 bits per heavy atom. The number of rotatable bonds is 5. The molecule has 0 aromatic heterocycles. The van der Waals surface area contributed by atoms with Crippen molar-refractivity contribution in [2.75, 3.05) is 26.2 Å². The van der Waals surface area contributed by atoms with E-state index in [0.717, 1.165) is 0 Å². The Morgan fingerprint density at radius 1 is 1.32 bits per heavy atom. The second-order valence-electron chi connectivity index (χ2n) is 4.79. The monoisotopic (exact) mass is 271 g/mol. The summed E-state index contributed by atoms with van der Waals surface area (Å²) in [5, 5.41) is 8.73. The van der Waals surface area contributed by atoms with Gasteiger partial charge in [-0.3, -0.25) is 9.59 Å². The van der Waals surface area contributed by atoms with Crippen molar-refractivity contribution in [3.63, 3.8) is 0 Å². The number of hydrogen-bond acceptors (Lipinski definition) is 3. The highest BCUT2D eigenvalue weighted by atomic mass is 16.4. The number of carboxylic acids is 1. The van der Waals surface area contributed by atoms with Crippen LogP contribution >= 0.6 is 0 Å². The molecule has 1 fully saturated rings. The molecule has 1 heterocycles. The first kappa shape index (κ1) is 15.3. The maximum atomic E-state index is 12.1. The molecule has 1 aliphatic heterocycles. The molecule has 1 saturated heterocycles.